The molecule has 6 heteroatoms. The lowest BCUT2D eigenvalue weighted by molar-refractivity contribution is 0.381. The molecule has 0 aromatic carbocycles. The van der Waals surface area contributed by atoms with Crippen molar-refractivity contribution < 1.29 is 4.52 Å². The number of nitrogens with one attached hydrogen (secondary N) is 1. The Morgan fingerprint density at radius 1 is 1.50 bits per heavy atom. The van der Waals surface area contributed by atoms with Crippen molar-refractivity contribution in [1.82, 2.24) is 15.1 Å². The minimum absolute atomic E-state index is 0.238. The molecule has 0 bridgehead atoms. The van der Waals surface area contributed by atoms with Gasteiger partial charge in [-0.25, -0.2) is 0 Å². The van der Waals surface area contributed by atoms with Crippen LogP contribution in [0.25, 0.3) is 0 Å². The van der Waals surface area contributed by atoms with Gasteiger partial charge in [-0.05, 0) is 17.3 Å². The molecule has 0 spiro atoms. The molecule has 0 unspecified atom stereocenters. The lowest BCUT2D eigenvalue weighted by atomic mass is 10.4. The van der Waals surface area contributed by atoms with Crippen LogP contribution in [-0.4, -0.2) is 15.1 Å². The van der Waals surface area contributed by atoms with E-state index in [1.165, 1.54) is 0 Å². The number of rotatable bonds is 3. The summed E-state index contributed by atoms with van der Waals surface area (Å²) in [5, 5.41) is 6.60. The fourth-order valence-electron chi connectivity index (χ4n) is 0.954. The first-order chi connectivity index (χ1) is 6.88. The molecule has 2 aromatic heterocycles. The fraction of sp³-hybridized carbons (Fsp3) is 0.125. The zero-order valence-corrected chi connectivity index (χ0v) is 7.34. The molecule has 0 aliphatic carbocycles. The molecule has 2 aromatic rings. The standard InChI is InChI=1S/C8H9N5O/c9-4-7-12-8(13-14-7)11-6-2-1-3-10-5-6/h1-3,5H,4,9H2,(H,11,13). The van der Waals surface area contributed by atoms with E-state index in [1.54, 1.807) is 12.4 Å². The molecule has 0 fully saturated rings. The number of aromatic nitrogens is 3. The molecule has 0 radical (unpaired) electrons. The topological polar surface area (TPSA) is 89.9 Å². The second-order valence-electron chi connectivity index (χ2n) is 2.58. The lowest BCUT2D eigenvalue weighted by Crippen LogP contribution is -1.97. The monoisotopic (exact) mass is 191 g/mol. The van der Waals surface area contributed by atoms with E-state index in [0.29, 0.717) is 11.8 Å². The first-order valence-electron chi connectivity index (χ1n) is 4.08. The summed E-state index contributed by atoms with van der Waals surface area (Å²) in [6.07, 6.45) is 3.35. The SMILES string of the molecule is NCc1nc(Nc2cccnc2)no1. The summed E-state index contributed by atoms with van der Waals surface area (Å²) in [5.41, 5.74) is 6.12. The van der Waals surface area contributed by atoms with Crippen molar-refractivity contribution in [2.45, 2.75) is 6.54 Å². The van der Waals surface area contributed by atoms with Gasteiger partial charge in [0, 0.05) is 6.20 Å². The largest absolute Gasteiger partial charge is 0.336 e. The summed E-state index contributed by atoms with van der Waals surface area (Å²) >= 11 is 0. The molecule has 3 N–H and O–H groups in total. The van der Waals surface area contributed by atoms with Crippen LogP contribution in [0.3, 0.4) is 0 Å². The van der Waals surface area contributed by atoms with Gasteiger partial charge in [0.1, 0.15) is 0 Å². The van der Waals surface area contributed by atoms with Gasteiger partial charge in [-0.3, -0.25) is 4.98 Å². The van der Waals surface area contributed by atoms with E-state index >= 15 is 0 Å². The van der Waals surface area contributed by atoms with Crippen molar-refractivity contribution in [3.05, 3.63) is 30.4 Å². The molecule has 0 saturated heterocycles. The maximum absolute atomic E-state index is 5.32. The van der Waals surface area contributed by atoms with Crippen molar-refractivity contribution in [3.8, 4) is 0 Å². The second kappa shape index (κ2) is 3.84. The zero-order valence-electron chi connectivity index (χ0n) is 7.34. The van der Waals surface area contributed by atoms with Crippen LogP contribution >= 0.6 is 0 Å². The quantitative estimate of drug-likeness (QED) is 0.740. The lowest BCUT2D eigenvalue weighted by Gasteiger charge is -1.97. The van der Waals surface area contributed by atoms with E-state index in [2.05, 4.69) is 20.4 Å². The van der Waals surface area contributed by atoms with Crippen LogP contribution in [0, 0.1) is 0 Å². The first kappa shape index (κ1) is 8.64. The van der Waals surface area contributed by atoms with Crippen molar-refractivity contribution in [2.24, 2.45) is 5.73 Å². The van der Waals surface area contributed by atoms with Crippen LogP contribution in [0.5, 0.6) is 0 Å². The van der Waals surface area contributed by atoms with Crippen LogP contribution < -0.4 is 11.1 Å². The van der Waals surface area contributed by atoms with Gasteiger partial charge < -0.3 is 15.6 Å². The molecule has 72 valence electrons. The Balaban J connectivity index is 2.11. The third kappa shape index (κ3) is 1.86. The van der Waals surface area contributed by atoms with Gasteiger partial charge in [0.25, 0.3) is 5.95 Å². The Morgan fingerprint density at radius 2 is 2.43 bits per heavy atom. The Labute approximate surface area is 80.1 Å². The molecule has 2 heterocycles. The van der Waals surface area contributed by atoms with Gasteiger partial charge in [0.05, 0.1) is 18.4 Å². The maximum atomic E-state index is 5.32. The van der Waals surface area contributed by atoms with Crippen molar-refractivity contribution in [3.63, 3.8) is 0 Å². The molecule has 0 saturated carbocycles. The minimum Gasteiger partial charge on any atom is -0.336 e. The first-order valence-corrected chi connectivity index (χ1v) is 4.08. The maximum Gasteiger partial charge on any atom is 0.267 e. The second-order valence-corrected chi connectivity index (χ2v) is 2.58. The number of anilines is 2. The van der Waals surface area contributed by atoms with Crippen molar-refractivity contribution >= 4 is 11.6 Å². The zero-order chi connectivity index (χ0) is 9.80. The summed E-state index contributed by atoms with van der Waals surface area (Å²) in [4.78, 5) is 7.92. The van der Waals surface area contributed by atoms with Gasteiger partial charge in [0.15, 0.2) is 0 Å². The Hall–Kier alpha value is -1.95. The highest BCUT2D eigenvalue weighted by atomic mass is 16.5. The number of hydrogen-bond acceptors (Lipinski definition) is 6. The van der Waals surface area contributed by atoms with Crippen LogP contribution in [0.2, 0.25) is 0 Å². The summed E-state index contributed by atoms with van der Waals surface area (Å²) in [5.74, 6) is 0.787. The predicted molar refractivity (Wildman–Crippen MR) is 49.7 cm³/mol. The molecule has 0 amide bonds. The summed E-state index contributed by atoms with van der Waals surface area (Å²) in [6, 6.07) is 3.66. The third-order valence-electron chi connectivity index (χ3n) is 1.56. The van der Waals surface area contributed by atoms with Crippen LogP contribution in [0.15, 0.2) is 29.0 Å². The normalized spacial score (nSPS) is 10.1. The van der Waals surface area contributed by atoms with E-state index in [1.807, 2.05) is 12.1 Å². The molecular formula is C8H9N5O. The van der Waals surface area contributed by atoms with Crippen molar-refractivity contribution in [2.75, 3.05) is 5.32 Å². The van der Waals surface area contributed by atoms with E-state index in [4.69, 9.17) is 10.3 Å². The third-order valence-corrected chi connectivity index (χ3v) is 1.56. The average Bonchev–Trinajstić information content (AvgIpc) is 2.67. The van der Waals surface area contributed by atoms with Gasteiger partial charge >= 0.3 is 0 Å². The highest BCUT2D eigenvalue weighted by Crippen LogP contribution is 2.10. The summed E-state index contributed by atoms with van der Waals surface area (Å²) in [7, 11) is 0. The Morgan fingerprint density at radius 3 is 3.07 bits per heavy atom. The highest BCUT2D eigenvalue weighted by Gasteiger charge is 2.03. The fourth-order valence-corrected chi connectivity index (χ4v) is 0.954. The van der Waals surface area contributed by atoms with Gasteiger partial charge in [-0.15, -0.1) is 0 Å². The van der Waals surface area contributed by atoms with Gasteiger partial charge in [-0.2, -0.15) is 4.98 Å². The molecular weight excluding hydrogens is 182 g/mol. The predicted octanol–water partition coefficient (Wildman–Crippen LogP) is 0.667. The molecule has 0 aliphatic heterocycles. The van der Waals surface area contributed by atoms with Crippen LogP contribution in [0.1, 0.15) is 5.89 Å². The smallest absolute Gasteiger partial charge is 0.267 e. The van der Waals surface area contributed by atoms with E-state index < -0.39 is 0 Å². The van der Waals surface area contributed by atoms with Gasteiger partial charge in [0.2, 0.25) is 5.89 Å². The Kier molecular flexibility index (Phi) is 2.37. The van der Waals surface area contributed by atoms with E-state index in [9.17, 15) is 0 Å². The molecule has 6 nitrogen and oxygen atoms in total. The highest BCUT2D eigenvalue weighted by molar-refractivity contribution is 5.50. The minimum atomic E-state index is 0.238. The van der Waals surface area contributed by atoms with E-state index in [-0.39, 0.29) is 6.54 Å². The van der Waals surface area contributed by atoms with E-state index in [0.717, 1.165) is 5.69 Å². The van der Waals surface area contributed by atoms with Crippen LogP contribution in [0.4, 0.5) is 11.6 Å². The summed E-state index contributed by atoms with van der Waals surface area (Å²) in [6.45, 7) is 0.238. The van der Waals surface area contributed by atoms with Crippen molar-refractivity contribution in [1.29, 1.82) is 0 Å². The molecule has 0 aliphatic rings. The number of pyridine rings is 1. The van der Waals surface area contributed by atoms with Gasteiger partial charge in [-0.1, -0.05) is 0 Å². The summed E-state index contributed by atoms with van der Waals surface area (Å²) < 4.78 is 4.82. The average molecular weight is 191 g/mol. The number of nitrogens with zero attached hydrogens (tertiary/aromatic N) is 3. The molecule has 14 heavy (non-hydrogen) atoms. The molecule has 2 rings (SSSR count). The Bertz CT molecular complexity index is 399. The number of hydrogen-bond donors (Lipinski definition) is 2. The van der Waals surface area contributed by atoms with Crippen LogP contribution in [-0.2, 0) is 6.54 Å². The molecule has 0 atom stereocenters. The number of nitrogens with two attached hydrogens (primary N) is 1.